The van der Waals surface area contributed by atoms with Gasteiger partial charge >= 0.3 is 5.97 Å². The maximum absolute atomic E-state index is 12.3. The first kappa shape index (κ1) is 15.1. The van der Waals surface area contributed by atoms with Crippen LogP contribution in [-0.2, 0) is 9.53 Å². The minimum Gasteiger partial charge on any atom is -0.467 e. The van der Waals surface area contributed by atoms with Crippen LogP contribution in [0.15, 0.2) is 30.5 Å². The molecule has 0 saturated heterocycles. The lowest BCUT2D eigenvalue weighted by molar-refractivity contribution is -0.144. The van der Waals surface area contributed by atoms with E-state index in [-0.39, 0.29) is 11.8 Å². The number of H-pyrrole nitrogens is 1. The standard InChI is InChI=1S/C16H20N2O3/c1-4-10(2)14(16(20)21-3)18-15(19)12-5-6-13-11(9-12)7-8-17-13/h5-10,14,17H,4H2,1-3H3,(H,18,19)/t10-,14-/m0/s1. The topological polar surface area (TPSA) is 71.2 Å². The molecule has 5 heteroatoms. The number of methoxy groups -OCH3 is 1. The molecule has 5 nitrogen and oxygen atoms in total. The molecule has 0 unspecified atom stereocenters. The van der Waals surface area contributed by atoms with Gasteiger partial charge in [-0.15, -0.1) is 0 Å². The first-order valence-electron chi connectivity index (χ1n) is 7.02. The second kappa shape index (κ2) is 6.43. The van der Waals surface area contributed by atoms with Crippen LogP contribution in [0.3, 0.4) is 0 Å². The van der Waals surface area contributed by atoms with Gasteiger partial charge in [-0.1, -0.05) is 20.3 Å². The molecule has 2 rings (SSSR count). The molecule has 0 fully saturated rings. The van der Waals surface area contributed by atoms with E-state index in [1.54, 1.807) is 12.1 Å². The van der Waals surface area contributed by atoms with Crippen LogP contribution in [0, 0.1) is 5.92 Å². The molecule has 0 aliphatic carbocycles. The van der Waals surface area contributed by atoms with E-state index in [1.807, 2.05) is 32.2 Å². The number of amides is 1. The lowest BCUT2D eigenvalue weighted by atomic mass is 9.98. The number of aromatic nitrogens is 1. The van der Waals surface area contributed by atoms with Crippen LogP contribution in [0.25, 0.3) is 10.9 Å². The van der Waals surface area contributed by atoms with Gasteiger partial charge in [-0.05, 0) is 30.2 Å². The molecule has 2 atom stereocenters. The highest BCUT2D eigenvalue weighted by Gasteiger charge is 2.27. The molecule has 1 heterocycles. The van der Waals surface area contributed by atoms with E-state index in [9.17, 15) is 9.59 Å². The maximum Gasteiger partial charge on any atom is 0.328 e. The van der Waals surface area contributed by atoms with Crippen molar-refractivity contribution in [2.45, 2.75) is 26.3 Å². The van der Waals surface area contributed by atoms with E-state index < -0.39 is 12.0 Å². The number of benzene rings is 1. The quantitative estimate of drug-likeness (QED) is 0.830. The van der Waals surface area contributed by atoms with Crippen LogP contribution >= 0.6 is 0 Å². The summed E-state index contributed by atoms with van der Waals surface area (Å²) >= 11 is 0. The van der Waals surface area contributed by atoms with E-state index in [4.69, 9.17) is 4.74 Å². The Bertz CT molecular complexity index is 648. The minimum absolute atomic E-state index is 0.0115. The number of ether oxygens (including phenoxy) is 1. The van der Waals surface area contributed by atoms with Crippen molar-refractivity contribution >= 4 is 22.8 Å². The van der Waals surface area contributed by atoms with Gasteiger partial charge in [0.25, 0.3) is 5.91 Å². The van der Waals surface area contributed by atoms with Crippen molar-refractivity contribution in [1.82, 2.24) is 10.3 Å². The summed E-state index contributed by atoms with van der Waals surface area (Å²) < 4.78 is 4.77. The van der Waals surface area contributed by atoms with Crippen LogP contribution in [0.2, 0.25) is 0 Å². The Kier molecular flexibility index (Phi) is 4.62. The van der Waals surface area contributed by atoms with E-state index in [1.165, 1.54) is 7.11 Å². The summed E-state index contributed by atoms with van der Waals surface area (Å²) in [5.41, 5.74) is 1.50. The second-order valence-corrected chi connectivity index (χ2v) is 5.14. The van der Waals surface area contributed by atoms with Gasteiger partial charge in [0.2, 0.25) is 0 Å². The number of rotatable bonds is 5. The first-order valence-corrected chi connectivity index (χ1v) is 7.02. The molecule has 1 aromatic carbocycles. The molecule has 112 valence electrons. The number of carbonyl (C=O) groups is 2. The van der Waals surface area contributed by atoms with Crippen molar-refractivity contribution in [3.63, 3.8) is 0 Å². The molecule has 0 radical (unpaired) electrons. The third kappa shape index (κ3) is 3.24. The van der Waals surface area contributed by atoms with Gasteiger partial charge in [-0.25, -0.2) is 4.79 Å². The summed E-state index contributed by atoms with van der Waals surface area (Å²) in [5.74, 6) is -0.674. The molecule has 1 aromatic heterocycles. The molecule has 0 saturated carbocycles. The van der Waals surface area contributed by atoms with E-state index in [0.29, 0.717) is 5.56 Å². The summed E-state index contributed by atoms with van der Waals surface area (Å²) in [6.45, 7) is 3.88. The highest BCUT2D eigenvalue weighted by molar-refractivity contribution is 5.99. The zero-order valence-corrected chi connectivity index (χ0v) is 12.5. The average molecular weight is 288 g/mol. The van der Waals surface area contributed by atoms with E-state index >= 15 is 0 Å². The third-order valence-electron chi connectivity index (χ3n) is 3.77. The number of fused-ring (bicyclic) bond motifs is 1. The van der Waals surface area contributed by atoms with Gasteiger partial charge in [0.15, 0.2) is 0 Å². The predicted octanol–water partition coefficient (Wildman–Crippen LogP) is 2.49. The number of aromatic amines is 1. The Hall–Kier alpha value is -2.30. The van der Waals surface area contributed by atoms with Crippen molar-refractivity contribution in [2.24, 2.45) is 5.92 Å². The molecule has 2 aromatic rings. The zero-order chi connectivity index (χ0) is 15.4. The van der Waals surface area contributed by atoms with E-state index in [0.717, 1.165) is 17.3 Å². The second-order valence-electron chi connectivity index (χ2n) is 5.14. The fraction of sp³-hybridized carbons (Fsp3) is 0.375. The highest BCUT2D eigenvalue weighted by Crippen LogP contribution is 2.15. The Balaban J connectivity index is 2.19. The molecule has 21 heavy (non-hydrogen) atoms. The number of carbonyl (C=O) groups excluding carboxylic acids is 2. The van der Waals surface area contributed by atoms with E-state index in [2.05, 4.69) is 10.3 Å². The van der Waals surface area contributed by atoms with Gasteiger partial charge in [0.1, 0.15) is 6.04 Å². The fourth-order valence-electron chi connectivity index (χ4n) is 2.22. The predicted molar refractivity (Wildman–Crippen MR) is 81.0 cm³/mol. The molecule has 0 aliphatic heterocycles. The van der Waals surface area contributed by atoms with Gasteiger partial charge in [-0.2, -0.15) is 0 Å². The Morgan fingerprint density at radius 1 is 1.33 bits per heavy atom. The summed E-state index contributed by atoms with van der Waals surface area (Å²) in [7, 11) is 1.33. The largest absolute Gasteiger partial charge is 0.467 e. The third-order valence-corrected chi connectivity index (χ3v) is 3.77. The summed E-state index contributed by atoms with van der Waals surface area (Å²) in [6.07, 6.45) is 2.60. The first-order chi connectivity index (χ1) is 10.1. The van der Waals surface area contributed by atoms with Gasteiger partial charge in [0.05, 0.1) is 7.11 Å². The average Bonchev–Trinajstić information content (AvgIpc) is 2.98. The van der Waals surface area contributed by atoms with Crippen LogP contribution in [-0.4, -0.2) is 30.0 Å². The van der Waals surface area contributed by atoms with Crippen molar-refractivity contribution in [1.29, 1.82) is 0 Å². The van der Waals surface area contributed by atoms with Crippen LogP contribution < -0.4 is 5.32 Å². The Labute approximate surface area is 123 Å². The molecule has 0 aliphatic rings. The molecular weight excluding hydrogens is 268 g/mol. The van der Waals surface area contributed by atoms with Crippen molar-refractivity contribution < 1.29 is 14.3 Å². The molecular formula is C16H20N2O3. The molecule has 2 N–H and O–H groups in total. The molecule has 1 amide bonds. The Morgan fingerprint density at radius 3 is 2.76 bits per heavy atom. The fourth-order valence-corrected chi connectivity index (χ4v) is 2.22. The van der Waals surface area contributed by atoms with Crippen molar-refractivity contribution in [2.75, 3.05) is 7.11 Å². The van der Waals surface area contributed by atoms with Gasteiger partial charge in [0, 0.05) is 22.7 Å². The van der Waals surface area contributed by atoms with Gasteiger partial charge < -0.3 is 15.0 Å². The van der Waals surface area contributed by atoms with Crippen LogP contribution in [0.1, 0.15) is 30.6 Å². The number of nitrogens with one attached hydrogen (secondary N) is 2. The summed E-state index contributed by atoms with van der Waals surface area (Å²) in [5, 5.41) is 3.73. The van der Waals surface area contributed by atoms with Crippen LogP contribution in [0.4, 0.5) is 0 Å². The molecule has 0 bridgehead atoms. The lowest BCUT2D eigenvalue weighted by Crippen LogP contribution is -2.45. The monoisotopic (exact) mass is 288 g/mol. The Morgan fingerprint density at radius 2 is 2.10 bits per heavy atom. The highest BCUT2D eigenvalue weighted by atomic mass is 16.5. The van der Waals surface area contributed by atoms with Crippen molar-refractivity contribution in [3.8, 4) is 0 Å². The van der Waals surface area contributed by atoms with Gasteiger partial charge in [-0.3, -0.25) is 4.79 Å². The summed E-state index contributed by atoms with van der Waals surface area (Å²) in [4.78, 5) is 27.2. The number of esters is 1. The summed E-state index contributed by atoms with van der Waals surface area (Å²) in [6, 6.07) is 6.65. The van der Waals surface area contributed by atoms with Crippen LogP contribution in [0.5, 0.6) is 0 Å². The lowest BCUT2D eigenvalue weighted by Gasteiger charge is -2.21. The maximum atomic E-state index is 12.3. The van der Waals surface area contributed by atoms with Crippen molar-refractivity contribution in [3.05, 3.63) is 36.0 Å². The number of hydrogen-bond donors (Lipinski definition) is 2. The minimum atomic E-state index is -0.630. The SMILES string of the molecule is CC[C@H](C)[C@H](NC(=O)c1ccc2[nH]ccc2c1)C(=O)OC. The smallest absolute Gasteiger partial charge is 0.328 e. The number of hydrogen-bond acceptors (Lipinski definition) is 3. The normalized spacial score (nSPS) is 13.7. The molecule has 0 spiro atoms. The zero-order valence-electron chi connectivity index (χ0n) is 12.5.